The molecule has 0 spiro atoms. The number of methoxy groups -OCH3 is 1. The van der Waals surface area contributed by atoms with Crippen molar-refractivity contribution >= 4 is 17.5 Å². The number of amides is 1. The lowest BCUT2D eigenvalue weighted by Crippen LogP contribution is -2.39. The van der Waals surface area contributed by atoms with Crippen molar-refractivity contribution in [1.29, 1.82) is 0 Å². The molecule has 0 saturated carbocycles. The van der Waals surface area contributed by atoms with Crippen LogP contribution in [0.2, 0.25) is 5.02 Å². The average Bonchev–Trinajstić information content (AvgIpc) is 2.60. The first kappa shape index (κ1) is 19.4. The van der Waals surface area contributed by atoms with E-state index < -0.39 is 0 Å². The molecule has 2 aromatic rings. The fraction of sp³-hybridized carbons (Fsp3) is 0.350. The summed E-state index contributed by atoms with van der Waals surface area (Å²) in [5.41, 5.74) is 2.09. The minimum absolute atomic E-state index is 0.0283. The predicted molar refractivity (Wildman–Crippen MR) is 102 cm³/mol. The number of carbonyl (C=O) groups excluding carboxylic acids is 1. The summed E-state index contributed by atoms with van der Waals surface area (Å²) in [6.45, 7) is 4.24. The van der Waals surface area contributed by atoms with E-state index in [0.29, 0.717) is 31.3 Å². The van der Waals surface area contributed by atoms with Gasteiger partial charge in [0.25, 0.3) is 0 Å². The molecule has 1 N–H and O–H groups in total. The van der Waals surface area contributed by atoms with E-state index in [4.69, 9.17) is 16.3 Å². The third-order valence-electron chi connectivity index (χ3n) is 3.98. The minimum atomic E-state index is -0.137. The number of carbonyl (C=O) groups is 1. The van der Waals surface area contributed by atoms with E-state index in [1.807, 2.05) is 49.4 Å². The first-order valence-electron chi connectivity index (χ1n) is 8.39. The third kappa shape index (κ3) is 6.50. The molecule has 5 heteroatoms. The summed E-state index contributed by atoms with van der Waals surface area (Å²) in [4.78, 5) is 14.5. The quantitative estimate of drug-likeness (QED) is 0.742. The van der Waals surface area contributed by atoms with E-state index in [2.05, 4.69) is 22.3 Å². The van der Waals surface area contributed by atoms with E-state index in [9.17, 15) is 4.79 Å². The summed E-state index contributed by atoms with van der Waals surface area (Å²) >= 11 is 6.21. The van der Waals surface area contributed by atoms with Crippen molar-refractivity contribution in [3.8, 4) is 0 Å². The van der Waals surface area contributed by atoms with E-state index in [-0.39, 0.29) is 11.9 Å². The SMILES string of the molecule is COCCN(CC(=O)NC(C)c1ccccc1Cl)Cc1ccccc1. The van der Waals surface area contributed by atoms with Crippen LogP contribution in [0.4, 0.5) is 0 Å². The second kappa shape index (κ2) is 10.2. The number of nitrogens with zero attached hydrogens (tertiary/aromatic N) is 1. The average molecular weight is 361 g/mol. The summed E-state index contributed by atoms with van der Waals surface area (Å²) in [5, 5.41) is 3.69. The second-order valence-corrected chi connectivity index (χ2v) is 6.41. The lowest BCUT2D eigenvalue weighted by molar-refractivity contribution is -0.123. The van der Waals surface area contributed by atoms with Crippen LogP contribution in [0.5, 0.6) is 0 Å². The van der Waals surface area contributed by atoms with Crippen LogP contribution in [0, 0.1) is 0 Å². The highest BCUT2D eigenvalue weighted by Gasteiger charge is 2.15. The van der Waals surface area contributed by atoms with Gasteiger partial charge < -0.3 is 10.1 Å². The van der Waals surface area contributed by atoms with Gasteiger partial charge in [-0.1, -0.05) is 60.1 Å². The summed E-state index contributed by atoms with van der Waals surface area (Å²) in [7, 11) is 1.67. The Hall–Kier alpha value is -1.88. The first-order chi connectivity index (χ1) is 12.1. The lowest BCUT2D eigenvalue weighted by atomic mass is 10.1. The standard InChI is InChI=1S/C20H25ClN2O2/c1-16(18-10-6-7-11-19(18)21)22-20(24)15-23(12-13-25-2)14-17-8-4-3-5-9-17/h3-11,16H,12-15H2,1-2H3,(H,22,24). The Morgan fingerprint density at radius 3 is 2.52 bits per heavy atom. The number of ether oxygens (including phenoxy) is 1. The molecule has 2 rings (SSSR count). The molecule has 0 aliphatic heterocycles. The monoisotopic (exact) mass is 360 g/mol. The molecule has 2 aromatic carbocycles. The van der Waals surface area contributed by atoms with Gasteiger partial charge >= 0.3 is 0 Å². The molecule has 1 atom stereocenters. The fourth-order valence-corrected chi connectivity index (χ4v) is 2.97. The Morgan fingerprint density at radius 2 is 1.84 bits per heavy atom. The molecule has 4 nitrogen and oxygen atoms in total. The van der Waals surface area contributed by atoms with Gasteiger partial charge in [-0.15, -0.1) is 0 Å². The molecule has 0 bridgehead atoms. The van der Waals surface area contributed by atoms with Crippen LogP contribution in [-0.4, -0.2) is 37.6 Å². The number of hydrogen-bond acceptors (Lipinski definition) is 3. The van der Waals surface area contributed by atoms with E-state index >= 15 is 0 Å². The Labute approximate surface area is 154 Å². The largest absolute Gasteiger partial charge is 0.383 e. The van der Waals surface area contributed by atoms with Crippen LogP contribution in [0.1, 0.15) is 24.1 Å². The smallest absolute Gasteiger partial charge is 0.234 e. The molecule has 1 unspecified atom stereocenters. The van der Waals surface area contributed by atoms with Gasteiger partial charge in [0, 0.05) is 25.2 Å². The van der Waals surface area contributed by atoms with Gasteiger partial charge in [-0.05, 0) is 24.1 Å². The van der Waals surface area contributed by atoms with Crippen LogP contribution in [0.25, 0.3) is 0 Å². The Balaban J connectivity index is 1.95. The third-order valence-corrected chi connectivity index (χ3v) is 4.32. The molecule has 0 aliphatic rings. The van der Waals surface area contributed by atoms with Crippen LogP contribution in [0.3, 0.4) is 0 Å². The van der Waals surface area contributed by atoms with Gasteiger partial charge in [0.15, 0.2) is 0 Å². The summed E-state index contributed by atoms with van der Waals surface area (Å²) in [5.74, 6) is -0.0283. The van der Waals surface area contributed by atoms with Crippen molar-refractivity contribution in [2.24, 2.45) is 0 Å². The summed E-state index contributed by atoms with van der Waals surface area (Å²) < 4.78 is 5.17. The first-order valence-corrected chi connectivity index (χ1v) is 8.77. The number of benzene rings is 2. The van der Waals surface area contributed by atoms with Crippen LogP contribution >= 0.6 is 11.6 Å². The Kier molecular flexibility index (Phi) is 7.92. The highest BCUT2D eigenvalue weighted by molar-refractivity contribution is 6.31. The van der Waals surface area contributed by atoms with Crippen molar-refractivity contribution < 1.29 is 9.53 Å². The molecule has 0 aliphatic carbocycles. The van der Waals surface area contributed by atoms with E-state index in [0.717, 1.165) is 5.56 Å². The van der Waals surface area contributed by atoms with E-state index in [1.165, 1.54) is 5.56 Å². The molecule has 0 aromatic heterocycles. The molecule has 25 heavy (non-hydrogen) atoms. The van der Waals surface area contributed by atoms with Crippen LogP contribution < -0.4 is 5.32 Å². The van der Waals surface area contributed by atoms with Gasteiger partial charge in [0.1, 0.15) is 0 Å². The number of nitrogens with one attached hydrogen (secondary N) is 1. The zero-order chi connectivity index (χ0) is 18.1. The summed E-state index contributed by atoms with van der Waals surface area (Å²) in [6.07, 6.45) is 0. The van der Waals surface area contributed by atoms with Crippen LogP contribution in [-0.2, 0) is 16.1 Å². The van der Waals surface area contributed by atoms with Crippen molar-refractivity contribution in [1.82, 2.24) is 10.2 Å². The second-order valence-electron chi connectivity index (χ2n) is 6.00. The highest BCUT2D eigenvalue weighted by Crippen LogP contribution is 2.22. The van der Waals surface area contributed by atoms with E-state index in [1.54, 1.807) is 7.11 Å². The van der Waals surface area contributed by atoms with Gasteiger partial charge in [0.05, 0.1) is 19.2 Å². The minimum Gasteiger partial charge on any atom is -0.383 e. The maximum atomic E-state index is 12.5. The fourth-order valence-electron chi connectivity index (χ4n) is 2.67. The summed E-state index contributed by atoms with van der Waals surface area (Å²) in [6, 6.07) is 17.5. The molecule has 1 amide bonds. The maximum Gasteiger partial charge on any atom is 0.234 e. The van der Waals surface area contributed by atoms with Crippen molar-refractivity contribution in [2.45, 2.75) is 19.5 Å². The Morgan fingerprint density at radius 1 is 1.16 bits per heavy atom. The maximum absolute atomic E-state index is 12.5. The molecule has 134 valence electrons. The topological polar surface area (TPSA) is 41.6 Å². The zero-order valence-electron chi connectivity index (χ0n) is 14.7. The zero-order valence-corrected chi connectivity index (χ0v) is 15.5. The molecular weight excluding hydrogens is 336 g/mol. The molecular formula is C20H25ClN2O2. The van der Waals surface area contributed by atoms with Gasteiger partial charge in [-0.2, -0.15) is 0 Å². The normalized spacial score (nSPS) is 12.2. The number of halogens is 1. The molecule has 0 saturated heterocycles. The molecule has 0 heterocycles. The van der Waals surface area contributed by atoms with Crippen molar-refractivity contribution in [3.05, 3.63) is 70.7 Å². The lowest BCUT2D eigenvalue weighted by Gasteiger charge is -2.23. The van der Waals surface area contributed by atoms with Gasteiger partial charge in [-0.3, -0.25) is 9.69 Å². The predicted octanol–water partition coefficient (Wildman–Crippen LogP) is 3.67. The number of hydrogen-bond donors (Lipinski definition) is 1. The van der Waals surface area contributed by atoms with Gasteiger partial charge in [0.2, 0.25) is 5.91 Å². The highest BCUT2D eigenvalue weighted by atomic mass is 35.5. The van der Waals surface area contributed by atoms with Crippen LogP contribution in [0.15, 0.2) is 54.6 Å². The Bertz CT molecular complexity index is 664. The molecule has 0 fully saturated rings. The number of rotatable bonds is 9. The van der Waals surface area contributed by atoms with Crippen molar-refractivity contribution in [2.75, 3.05) is 26.8 Å². The van der Waals surface area contributed by atoms with Crippen molar-refractivity contribution in [3.63, 3.8) is 0 Å². The van der Waals surface area contributed by atoms with Gasteiger partial charge in [-0.25, -0.2) is 0 Å². The molecule has 0 radical (unpaired) electrons.